The predicted molar refractivity (Wildman–Crippen MR) is 38.8 cm³/mol. The molecule has 0 bridgehead atoms. The summed E-state index contributed by atoms with van der Waals surface area (Å²) >= 11 is 6.70. The molecule has 4 nitrogen and oxygen atoms in total. The average molecular weight is 268 g/mol. The molecule has 0 rings (SSSR count). The van der Waals surface area contributed by atoms with Crippen LogP contribution in [0, 0.1) is 0 Å². The van der Waals surface area contributed by atoms with Crippen LogP contribution < -0.4 is 0 Å². The van der Waals surface area contributed by atoms with E-state index in [9.17, 15) is 0 Å². The van der Waals surface area contributed by atoms with Crippen LogP contribution in [0.15, 0.2) is 0 Å². The van der Waals surface area contributed by atoms with E-state index in [2.05, 4.69) is 19.1 Å². The van der Waals surface area contributed by atoms with Gasteiger partial charge in [-0.05, 0) is 0 Å². The highest BCUT2D eigenvalue weighted by molar-refractivity contribution is 14.1. The van der Waals surface area contributed by atoms with Crippen LogP contribution in [-0.2, 0) is 19.1 Å². The minimum atomic E-state index is 0.250. The van der Waals surface area contributed by atoms with Crippen molar-refractivity contribution in [3.63, 3.8) is 0 Å². The van der Waals surface area contributed by atoms with E-state index in [0.717, 1.165) is 0 Å². The molecule has 0 aliphatic heterocycles. The quantitative estimate of drug-likeness (QED) is 0.240. The van der Waals surface area contributed by atoms with Crippen LogP contribution >= 0.6 is 34.5 Å². The molecule has 0 saturated heterocycles. The van der Waals surface area contributed by atoms with Crippen LogP contribution in [0.3, 0.4) is 0 Å². The Hall–Kier alpha value is 0.860. The maximum absolute atomic E-state index is 4.69. The Morgan fingerprint density at radius 2 is 1.78 bits per heavy atom. The Morgan fingerprint density at radius 3 is 2.33 bits per heavy atom. The molecular weight excluding hydrogens is 262 g/mol. The maximum Gasteiger partial charge on any atom is 0.133 e. The predicted octanol–water partition coefficient (Wildman–Crippen LogP) is 1.43. The van der Waals surface area contributed by atoms with Gasteiger partial charge in [-0.2, -0.15) is 0 Å². The standard InChI is InChI=1S/C3H6ClIO4/c4-9-7-2-1-6-8-3-5/h1-3H2. The Balaban J connectivity index is 2.60. The van der Waals surface area contributed by atoms with E-state index in [4.69, 9.17) is 11.9 Å². The fraction of sp³-hybridized carbons (Fsp3) is 1.00. The number of rotatable bonds is 6. The monoisotopic (exact) mass is 268 g/mol. The van der Waals surface area contributed by atoms with Crippen molar-refractivity contribution >= 4 is 34.5 Å². The fourth-order valence-electron chi connectivity index (χ4n) is 0.190. The summed E-state index contributed by atoms with van der Waals surface area (Å²) in [4.78, 5) is 13.2. The van der Waals surface area contributed by atoms with Crippen molar-refractivity contribution in [3.8, 4) is 0 Å². The van der Waals surface area contributed by atoms with Crippen LogP contribution in [0.5, 0.6) is 0 Å². The summed E-state index contributed by atoms with van der Waals surface area (Å²) < 4.78 is 4.24. The highest BCUT2D eigenvalue weighted by atomic mass is 127. The lowest BCUT2D eigenvalue weighted by atomic mass is 10.8. The zero-order valence-electron chi connectivity index (χ0n) is 4.51. The maximum atomic E-state index is 4.69. The molecule has 0 aromatic rings. The molecule has 0 amide bonds. The lowest BCUT2D eigenvalue weighted by molar-refractivity contribution is -0.302. The fourth-order valence-corrected chi connectivity index (χ4v) is 0.433. The Bertz CT molecular complexity index is 49.1. The molecule has 0 radical (unpaired) electrons. The van der Waals surface area contributed by atoms with Crippen molar-refractivity contribution in [1.82, 2.24) is 0 Å². The third-order valence-corrected chi connectivity index (χ3v) is 0.766. The van der Waals surface area contributed by atoms with Crippen molar-refractivity contribution in [2.24, 2.45) is 0 Å². The summed E-state index contributed by atoms with van der Waals surface area (Å²) in [6.45, 7) is 0.551. The van der Waals surface area contributed by atoms with E-state index >= 15 is 0 Å². The number of alkyl halides is 1. The lowest BCUT2D eigenvalue weighted by Crippen LogP contribution is -2.02. The molecule has 0 aromatic carbocycles. The van der Waals surface area contributed by atoms with Crippen LogP contribution in [0.25, 0.3) is 0 Å². The van der Waals surface area contributed by atoms with E-state index in [-0.39, 0.29) is 6.61 Å². The molecule has 0 fully saturated rings. The van der Waals surface area contributed by atoms with Crippen LogP contribution in [-0.4, -0.2) is 17.8 Å². The summed E-state index contributed by atoms with van der Waals surface area (Å²) in [6, 6.07) is 0. The molecule has 0 N–H and O–H groups in total. The molecule has 56 valence electrons. The van der Waals surface area contributed by atoms with Gasteiger partial charge in [0.2, 0.25) is 0 Å². The van der Waals surface area contributed by atoms with Crippen molar-refractivity contribution in [3.05, 3.63) is 0 Å². The van der Waals surface area contributed by atoms with Crippen molar-refractivity contribution in [2.45, 2.75) is 0 Å². The van der Waals surface area contributed by atoms with Gasteiger partial charge in [0.15, 0.2) is 0 Å². The molecule has 0 aromatic heterocycles. The summed E-state index contributed by atoms with van der Waals surface area (Å²) in [5, 5.41) is 0. The summed E-state index contributed by atoms with van der Waals surface area (Å²) in [6.07, 6.45) is 0. The topological polar surface area (TPSA) is 36.9 Å². The second-order valence-electron chi connectivity index (χ2n) is 0.934. The Kier molecular flexibility index (Phi) is 9.71. The van der Waals surface area contributed by atoms with Crippen LogP contribution in [0.1, 0.15) is 0 Å². The summed E-state index contributed by atoms with van der Waals surface area (Å²) in [7, 11) is 0. The van der Waals surface area contributed by atoms with E-state index in [1.165, 1.54) is 0 Å². The van der Waals surface area contributed by atoms with Gasteiger partial charge >= 0.3 is 0 Å². The van der Waals surface area contributed by atoms with Gasteiger partial charge in [0.05, 0.1) is 11.9 Å². The second kappa shape index (κ2) is 8.86. The van der Waals surface area contributed by atoms with E-state index in [0.29, 0.717) is 11.2 Å². The molecule has 0 atom stereocenters. The van der Waals surface area contributed by atoms with Gasteiger partial charge in [-0.25, -0.2) is 14.7 Å². The summed E-state index contributed by atoms with van der Waals surface area (Å²) in [5.41, 5.74) is 0. The Morgan fingerprint density at radius 1 is 1.11 bits per heavy atom. The van der Waals surface area contributed by atoms with Gasteiger partial charge in [-0.1, -0.05) is 22.6 Å². The van der Waals surface area contributed by atoms with Crippen LogP contribution in [0.2, 0.25) is 0 Å². The average Bonchev–Trinajstić information content (AvgIpc) is 1.89. The SMILES string of the molecule is ClOOCCOOCI. The molecule has 0 spiro atoms. The van der Waals surface area contributed by atoms with Crippen LogP contribution in [0.4, 0.5) is 0 Å². The van der Waals surface area contributed by atoms with Crippen molar-refractivity contribution < 1.29 is 19.1 Å². The number of hydrogen-bond donors (Lipinski definition) is 0. The second-order valence-corrected chi connectivity index (χ2v) is 1.68. The van der Waals surface area contributed by atoms with Crippen molar-refractivity contribution in [1.29, 1.82) is 0 Å². The highest BCUT2D eigenvalue weighted by Gasteiger charge is 1.87. The third kappa shape index (κ3) is 8.86. The molecule has 0 unspecified atom stereocenters. The van der Waals surface area contributed by atoms with Crippen molar-refractivity contribution in [2.75, 3.05) is 17.8 Å². The first kappa shape index (κ1) is 9.86. The van der Waals surface area contributed by atoms with Gasteiger partial charge in [0, 0.05) is 0 Å². The first-order valence-electron chi connectivity index (χ1n) is 2.12. The molecule has 9 heavy (non-hydrogen) atoms. The number of hydrogen-bond acceptors (Lipinski definition) is 4. The number of halogens is 2. The molecule has 0 aliphatic rings. The smallest absolute Gasteiger partial charge is 0.133 e. The van der Waals surface area contributed by atoms with E-state index in [1.54, 1.807) is 0 Å². The highest BCUT2D eigenvalue weighted by Crippen LogP contribution is 1.87. The first-order valence-corrected chi connectivity index (χ1v) is 3.96. The normalized spacial score (nSPS) is 10.0. The third-order valence-electron chi connectivity index (χ3n) is 0.422. The van der Waals surface area contributed by atoms with E-state index in [1.807, 2.05) is 22.6 Å². The van der Waals surface area contributed by atoms with Gasteiger partial charge < -0.3 is 0 Å². The minimum absolute atomic E-state index is 0.250. The largest absolute Gasteiger partial charge is 0.233 e. The lowest BCUT2D eigenvalue weighted by Gasteiger charge is -1.97. The summed E-state index contributed by atoms with van der Waals surface area (Å²) in [5.74, 6) is 0. The Labute approximate surface area is 71.5 Å². The molecule has 0 aliphatic carbocycles. The molecular formula is C3H6ClIO4. The van der Waals surface area contributed by atoms with Gasteiger partial charge in [0.1, 0.15) is 17.8 Å². The first-order chi connectivity index (χ1) is 4.41. The zero-order chi connectivity index (χ0) is 6.95. The van der Waals surface area contributed by atoms with Gasteiger partial charge in [-0.3, -0.25) is 0 Å². The van der Waals surface area contributed by atoms with E-state index < -0.39 is 0 Å². The molecule has 6 heteroatoms. The van der Waals surface area contributed by atoms with Gasteiger partial charge in [-0.15, -0.1) is 4.44 Å². The van der Waals surface area contributed by atoms with Gasteiger partial charge in [0.25, 0.3) is 0 Å². The zero-order valence-corrected chi connectivity index (χ0v) is 7.42. The molecule has 0 saturated carbocycles. The minimum Gasteiger partial charge on any atom is -0.233 e. The molecule has 0 heterocycles.